The van der Waals surface area contributed by atoms with Crippen molar-refractivity contribution in [1.82, 2.24) is 0 Å². The van der Waals surface area contributed by atoms with Crippen LogP contribution in [0.5, 0.6) is 0 Å². The third-order valence-corrected chi connectivity index (χ3v) is 2.44. The minimum Gasteiger partial charge on any atom is -0.392 e. The normalized spacial score (nSPS) is 15.0. The molecule has 2 atom stereocenters. The summed E-state index contributed by atoms with van der Waals surface area (Å²) >= 11 is 0. The molecule has 1 aromatic carbocycles. The van der Waals surface area contributed by atoms with Gasteiger partial charge in [-0.15, -0.1) is 0 Å². The van der Waals surface area contributed by atoms with Crippen molar-refractivity contribution < 1.29 is 15.3 Å². The fraction of sp³-hybridized carbons (Fsp3) is 0.455. The molecule has 2 unspecified atom stereocenters. The van der Waals surface area contributed by atoms with E-state index in [9.17, 15) is 10.2 Å². The average molecular weight is 211 g/mol. The summed E-state index contributed by atoms with van der Waals surface area (Å²) in [4.78, 5) is 0. The molecular weight excluding hydrogens is 194 g/mol. The van der Waals surface area contributed by atoms with E-state index in [0.717, 1.165) is 11.1 Å². The Kier molecular flexibility index (Phi) is 4.23. The molecular formula is C11H17NO3. The van der Waals surface area contributed by atoms with Gasteiger partial charge in [0.1, 0.15) is 6.10 Å². The van der Waals surface area contributed by atoms with Crippen molar-refractivity contribution >= 4 is 0 Å². The van der Waals surface area contributed by atoms with Crippen LogP contribution in [-0.4, -0.2) is 28.0 Å². The molecule has 0 aromatic heterocycles. The predicted octanol–water partition coefficient (Wildman–Crippen LogP) is -0.160. The molecule has 4 heteroatoms. The first-order chi connectivity index (χ1) is 7.10. The summed E-state index contributed by atoms with van der Waals surface area (Å²) in [5, 5.41) is 28.1. The fourth-order valence-electron chi connectivity index (χ4n) is 1.50. The van der Waals surface area contributed by atoms with E-state index in [2.05, 4.69) is 0 Å². The molecule has 15 heavy (non-hydrogen) atoms. The highest BCUT2D eigenvalue weighted by molar-refractivity contribution is 5.32. The third kappa shape index (κ3) is 2.76. The molecule has 0 aliphatic heterocycles. The molecule has 0 heterocycles. The van der Waals surface area contributed by atoms with Crippen molar-refractivity contribution in [2.24, 2.45) is 5.73 Å². The maximum Gasteiger partial charge on any atom is 0.106 e. The van der Waals surface area contributed by atoms with Crippen LogP contribution in [0.4, 0.5) is 0 Å². The van der Waals surface area contributed by atoms with Crippen LogP contribution < -0.4 is 5.73 Å². The number of nitrogens with two attached hydrogens (primary N) is 1. The van der Waals surface area contributed by atoms with Gasteiger partial charge in [-0.3, -0.25) is 0 Å². The molecule has 0 spiro atoms. The first-order valence-corrected chi connectivity index (χ1v) is 4.86. The summed E-state index contributed by atoms with van der Waals surface area (Å²) < 4.78 is 0. The van der Waals surface area contributed by atoms with E-state index < -0.39 is 12.2 Å². The van der Waals surface area contributed by atoms with Crippen LogP contribution in [0.15, 0.2) is 18.2 Å². The van der Waals surface area contributed by atoms with Gasteiger partial charge < -0.3 is 21.1 Å². The minimum atomic E-state index is -0.970. The van der Waals surface area contributed by atoms with Gasteiger partial charge in [0.05, 0.1) is 12.7 Å². The van der Waals surface area contributed by atoms with Crippen LogP contribution in [0.3, 0.4) is 0 Å². The second-order valence-electron chi connectivity index (χ2n) is 3.60. The quantitative estimate of drug-likeness (QED) is 0.557. The maximum atomic E-state index is 9.74. The Balaban J connectivity index is 2.95. The molecule has 0 aliphatic rings. The molecule has 5 N–H and O–H groups in total. The minimum absolute atomic E-state index is 0.0162. The number of aliphatic hydroxyl groups is 3. The maximum absolute atomic E-state index is 9.74. The van der Waals surface area contributed by atoms with E-state index in [1.807, 2.05) is 6.92 Å². The predicted molar refractivity (Wildman–Crippen MR) is 57.1 cm³/mol. The number of hydrogen-bond donors (Lipinski definition) is 4. The van der Waals surface area contributed by atoms with Crippen molar-refractivity contribution in [3.8, 4) is 0 Å². The second-order valence-corrected chi connectivity index (χ2v) is 3.60. The Morgan fingerprint density at radius 3 is 2.47 bits per heavy atom. The second kappa shape index (κ2) is 5.23. The summed E-state index contributed by atoms with van der Waals surface area (Å²) in [7, 11) is 0. The first kappa shape index (κ1) is 12.1. The van der Waals surface area contributed by atoms with Crippen molar-refractivity contribution in [3.63, 3.8) is 0 Å². The summed E-state index contributed by atoms with van der Waals surface area (Å²) in [6, 6.07) is 5.20. The lowest BCUT2D eigenvalue weighted by Gasteiger charge is -2.18. The molecule has 0 aliphatic carbocycles. The van der Waals surface area contributed by atoms with Crippen LogP contribution in [0.2, 0.25) is 0 Å². The number of aryl methyl sites for hydroxylation is 1. The van der Waals surface area contributed by atoms with E-state index >= 15 is 0 Å². The Bertz CT molecular complexity index is 328. The Labute approximate surface area is 89.0 Å². The lowest BCUT2D eigenvalue weighted by Crippen LogP contribution is -2.27. The van der Waals surface area contributed by atoms with Gasteiger partial charge in [0.15, 0.2) is 0 Å². The lowest BCUT2D eigenvalue weighted by molar-refractivity contribution is 0.0239. The van der Waals surface area contributed by atoms with E-state index in [4.69, 9.17) is 10.8 Å². The van der Waals surface area contributed by atoms with Crippen molar-refractivity contribution in [2.75, 3.05) is 6.54 Å². The Morgan fingerprint density at radius 2 is 2.00 bits per heavy atom. The summed E-state index contributed by atoms with van der Waals surface area (Å²) in [6.07, 6.45) is -1.92. The van der Waals surface area contributed by atoms with Gasteiger partial charge >= 0.3 is 0 Å². The smallest absolute Gasteiger partial charge is 0.106 e. The number of hydrogen-bond acceptors (Lipinski definition) is 4. The first-order valence-electron chi connectivity index (χ1n) is 4.86. The van der Waals surface area contributed by atoms with E-state index in [1.54, 1.807) is 18.2 Å². The van der Waals surface area contributed by atoms with E-state index in [-0.39, 0.29) is 13.2 Å². The molecule has 0 fully saturated rings. The topological polar surface area (TPSA) is 86.7 Å². The molecule has 1 rings (SSSR count). The van der Waals surface area contributed by atoms with Crippen molar-refractivity contribution in [3.05, 3.63) is 34.9 Å². The number of aliphatic hydroxyl groups excluding tert-OH is 3. The van der Waals surface area contributed by atoms with Crippen molar-refractivity contribution in [1.29, 1.82) is 0 Å². The number of benzene rings is 1. The highest BCUT2D eigenvalue weighted by Crippen LogP contribution is 2.21. The van der Waals surface area contributed by atoms with E-state index in [0.29, 0.717) is 5.56 Å². The zero-order valence-corrected chi connectivity index (χ0v) is 8.72. The summed E-state index contributed by atoms with van der Waals surface area (Å²) in [5.74, 6) is 0. The van der Waals surface area contributed by atoms with Gasteiger partial charge in [0, 0.05) is 6.54 Å². The highest BCUT2D eigenvalue weighted by Gasteiger charge is 2.18. The highest BCUT2D eigenvalue weighted by atomic mass is 16.3. The lowest BCUT2D eigenvalue weighted by atomic mass is 9.97. The molecule has 4 nitrogen and oxygen atoms in total. The summed E-state index contributed by atoms with van der Waals surface area (Å²) in [6.45, 7) is 1.81. The van der Waals surface area contributed by atoms with Gasteiger partial charge in [-0.05, 0) is 23.6 Å². The van der Waals surface area contributed by atoms with Crippen LogP contribution in [0.25, 0.3) is 0 Å². The zero-order valence-electron chi connectivity index (χ0n) is 8.72. The van der Waals surface area contributed by atoms with Gasteiger partial charge in [-0.25, -0.2) is 0 Å². The summed E-state index contributed by atoms with van der Waals surface area (Å²) in [5.41, 5.74) is 7.53. The molecule has 1 aromatic rings. The SMILES string of the molecule is Cc1cc(CO)ccc1C(O)C(O)CN. The van der Waals surface area contributed by atoms with Crippen LogP contribution in [0.1, 0.15) is 22.8 Å². The van der Waals surface area contributed by atoms with Gasteiger partial charge in [-0.2, -0.15) is 0 Å². The van der Waals surface area contributed by atoms with E-state index in [1.165, 1.54) is 0 Å². The molecule has 0 radical (unpaired) electrons. The standard InChI is InChI=1S/C11H17NO3/c1-7-4-8(6-13)2-3-9(7)11(15)10(14)5-12/h2-4,10-11,13-15H,5-6,12H2,1H3. The average Bonchev–Trinajstić information content (AvgIpc) is 2.26. The largest absolute Gasteiger partial charge is 0.392 e. The molecule has 0 amide bonds. The van der Waals surface area contributed by atoms with Crippen molar-refractivity contribution in [2.45, 2.75) is 25.7 Å². The fourth-order valence-corrected chi connectivity index (χ4v) is 1.50. The Hall–Kier alpha value is -0.940. The number of rotatable bonds is 4. The third-order valence-electron chi connectivity index (χ3n) is 2.44. The molecule has 0 saturated carbocycles. The zero-order chi connectivity index (χ0) is 11.4. The van der Waals surface area contributed by atoms with Crippen LogP contribution in [0, 0.1) is 6.92 Å². The van der Waals surface area contributed by atoms with Gasteiger partial charge in [0.2, 0.25) is 0 Å². The monoisotopic (exact) mass is 211 g/mol. The molecule has 0 saturated heterocycles. The van der Waals surface area contributed by atoms with Gasteiger partial charge in [-0.1, -0.05) is 18.2 Å². The molecule has 84 valence electrons. The van der Waals surface area contributed by atoms with Crippen LogP contribution in [-0.2, 0) is 6.61 Å². The van der Waals surface area contributed by atoms with Gasteiger partial charge in [0.25, 0.3) is 0 Å². The van der Waals surface area contributed by atoms with Crippen LogP contribution >= 0.6 is 0 Å². The Morgan fingerprint density at radius 1 is 1.33 bits per heavy atom. The molecule has 0 bridgehead atoms.